The van der Waals surface area contributed by atoms with Crippen LogP contribution in [0.3, 0.4) is 0 Å². The lowest BCUT2D eigenvalue weighted by Gasteiger charge is -2.49. The second-order valence-electron chi connectivity index (χ2n) is 7.08. The molecule has 1 saturated carbocycles. The van der Waals surface area contributed by atoms with Crippen LogP contribution in [-0.4, -0.2) is 34.1 Å². The van der Waals surface area contributed by atoms with E-state index in [0.29, 0.717) is 6.42 Å². The van der Waals surface area contributed by atoms with Gasteiger partial charge in [0, 0.05) is 22.6 Å². The van der Waals surface area contributed by atoms with Crippen molar-refractivity contribution in [2.24, 2.45) is 5.41 Å². The number of nitrogens with zero attached hydrogens (tertiary/aromatic N) is 2. The lowest BCUT2D eigenvalue weighted by Crippen LogP contribution is -2.57. The Hall–Kier alpha value is -1.80. The minimum Gasteiger partial charge on any atom is -0.461 e. The third-order valence-corrected chi connectivity index (χ3v) is 6.26. The van der Waals surface area contributed by atoms with Gasteiger partial charge in [-0.3, -0.25) is 9.59 Å². The molecule has 1 aliphatic rings. The molecule has 0 aliphatic heterocycles. The standard InChI is InChI=1S/C18H22N2O4S2/c1-10-19-12(8-25-10)5-16(21)23-14-7-15(18(14,3)4)24-17(22)6-13-9-26-11(2)20-13/h8-9,14-15H,5-7H2,1-4H3/t14-,15-/m0/s1. The molecule has 0 unspecified atom stereocenters. The molecule has 26 heavy (non-hydrogen) atoms. The van der Waals surface area contributed by atoms with Gasteiger partial charge in [-0.25, -0.2) is 9.97 Å². The summed E-state index contributed by atoms with van der Waals surface area (Å²) < 4.78 is 11.1. The van der Waals surface area contributed by atoms with Gasteiger partial charge in [-0.15, -0.1) is 22.7 Å². The summed E-state index contributed by atoms with van der Waals surface area (Å²) in [6.45, 7) is 7.71. The van der Waals surface area contributed by atoms with E-state index in [1.807, 2.05) is 38.5 Å². The molecule has 1 aliphatic carbocycles. The first kappa shape index (κ1) is 19.0. The summed E-state index contributed by atoms with van der Waals surface area (Å²) in [5.74, 6) is -0.591. The summed E-state index contributed by atoms with van der Waals surface area (Å²) in [6, 6.07) is 0. The first-order valence-corrected chi connectivity index (χ1v) is 10.2. The lowest BCUT2D eigenvalue weighted by atomic mass is 9.66. The molecule has 0 bridgehead atoms. The van der Waals surface area contributed by atoms with Crippen LogP contribution < -0.4 is 0 Å². The molecule has 2 aromatic rings. The fourth-order valence-corrected chi connectivity index (χ4v) is 4.15. The van der Waals surface area contributed by atoms with Gasteiger partial charge in [0.05, 0.1) is 34.2 Å². The number of esters is 2. The van der Waals surface area contributed by atoms with Crippen molar-refractivity contribution in [3.05, 3.63) is 32.2 Å². The zero-order valence-electron chi connectivity index (χ0n) is 15.3. The number of aromatic nitrogens is 2. The van der Waals surface area contributed by atoms with Gasteiger partial charge in [-0.1, -0.05) is 13.8 Å². The molecule has 8 heteroatoms. The van der Waals surface area contributed by atoms with Crippen molar-refractivity contribution < 1.29 is 19.1 Å². The minimum atomic E-state index is -0.401. The Balaban J connectivity index is 1.47. The Kier molecular flexibility index (Phi) is 5.43. The van der Waals surface area contributed by atoms with Crippen LogP contribution in [0.5, 0.6) is 0 Å². The molecule has 0 radical (unpaired) electrons. The van der Waals surface area contributed by atoms with Gasteiger partial charge in [0.25, 0.3) is 0 Å². The molecular formula is C18H22N2O4S2. The molecule has 0 spiro atoms. The van der Waals surface area contributed by atoms with Gasteiger partial charge in [-0.05, 0) is 13.8 Å². The van der Waals surface area contributed by atoms with E-state index >= 15 is 0 Å². The van der Waals surface area contributed by atoms with Crippen molar-refractivity contribution in [2.45, 2.75) is 59.2 Å². The van der Waals surface area contributed by atoms with Crippen molar-refractivity contribution in [1.82, 2.24) is 9.97 Å². The van der Waals surface area contributed by atoms with Crippen LogP contribution in [0.1, 0.15) is 41.7 Å². The highest BCUT2D eigenvalue weighted by Crippen LogP contribution is 2.45. The second-order valence-corrected chi connectivity index (χ2v) is 9.21. The average molecular weight is 395 g/mol. The molecule has 0 amide bonds. The number of ether oxygens (including phenoxy) is 2. The maximum Gasteiger partial charge on any atom is 0.312 e. The molecule has 0 N–H and O–H groups in total. The van der Waals surface area contributed by atoms with Crippen LogP contribution in [0, 0.1) is 19.3 Å². The van der Waals surface area contributed by atoms with Crippen LogP contribution in [0.2, 0.25) is 0 Å². The largest absolute Gasteiger partial charge is 0.461 e. The average Bonchev–Trinajstić information content (AvgIpc) is 3.14. The van der Waals surface area contributed by atoms with E-state index in [-0.39, 0.29) is 37.0 Å². The Morgan fingerprint density at radius 1 is 1.00 bits per heavy atom. The van der Waals surface area contributed by atoms with Crippen molar-refractivity contribution in [3.63, 3.8) is 0 Å². The van der Waals surface area contributed by atoms with Crippen LogP contribution in [0.25, 0.3) is 0 Å². The fourth-order valence-electron chi connectivity index (χ4n) is 2.92. The zero-order valence-corrected chi connectivity index (χ0v) is 16.9. The SMILES string of the molecule is Cc1nc(CC(=O)O[C@H]2C[C@H](OC(=O)Cc3csc(C)n3)C2(C)C)cs1. The molecule has 2 heterocycles. The second kappa shape index (κ2) is 7.44. The molecule has 3 rings (SSSR count). The highest BCUT2D eigenvalue weighted by molar-refractivity contribution is 7.09. The molecule has 6 nitrogen and oxygen atoms in total. The minimum absolute atomic E-state index is 0.171. The Labute approximate surface area is 160 Å². The van der Waals surface area contributed by atoms with Gasteiger partial charge < -0.3 is 9.47 Å². The van der Waals surface area contributed by atoms with Crippen LogP contribution in [0.4, 0.5) is 0 Å². The number of carbonyl (C=O) groups is 2. The van der Waals surface area contributed by atoms with Gasteiger partial charge in [0.2, 0.25) is 0 Å². The molecule has 2 atom stereocenters. The Morgan fingerprint density at radius 2 is 1.42 bits per heavy atom. The first-order chi connectivity index (χ1) is 12.2. The van der Waals surface area contributed by atoms with E-state index in [1.165, 1.54) is 22.7 Å². The molecular weight excluding hydrogens is 372 g/mol. The van der Waals surface area contributed by atoms with Crippen molar-refractivity contribution in [2.75, 3.05) is 0 Å². The normalized spacial score (nSPS) is 21.1. The lowest BCUT2D eigenvalue weighted by molar-refractivity contribution is -0.205. The first-order valence-electron chi connectivity index (χ1n) is 8.45. The van der Waals surface area contributed by atoms with E-state index in [2.05, 4.69) is 9.97 Å². The van der Waals surface area contributed by atoms with Gasteiger partial charge in [0.15, 0.2) is 0 Å². The highest BCUT2D eigenvalue weighted by atomic mass is 32.1. The van der Waals surface area contributed by atoms with E-state index in [1.54, 1.807) is 0 Å². The molecule has 0 aromatic carbocycles. The van der Waals surface area contributed by atoms with E-state index in [4.69, 9.17) is 9.47 Å². The quantitative estimate of drug-likeness (QED) is 0.700. The van der Waals surface area contributed by atoms with Crippen LogP contribution in [0.15, 0.2) is 10.8 Å². The molecule has 1 fully saturated rings. The summed E-state index contributed by atoms with van der Waals surface area (Å²) in [4.78, 5) is 32.8. The predicted octanol–water partition coefficient (Wildman–Crippen LogP) is 3.26. The van der Waals surface area contributed by atoms with Crippen molar-refractivity contribution >= 4 is 34.6 Å². The number of carbonyl (C=O) groups excluding carboxylic acids is 2. The summed E-state index contributed by atoms with van der Waals surface area (Å²) in [6.07, 6.45) is 0.356. The van der Waals surface area contributed by atoms with E-state index in [9.17, 15) is 9.59 Å². The maximum absolute atomic E-state index is 12.1. The summed E-state index contributed by atoms with van der Waals surface area (Å²) in [5, 5.41) is 5.60. The monoisotopic (exact) mass is 394 g/mol. The molecule has 0 saturated heterocycles. The van der Waals surface area contributed by atoms with E-state index in [0.717, 1.165) is 21.4 Å². The van der Waals surface area contributed by atoms with Crippen molar-refractivity contribution in [1.29, 1.82) is 0 Å². The smallest absolute Gasteiger partial charge is 0.312 e. The third-order valence-electron chi connectivity index (χ3n) is 4.62. The topological polar surface area (TPSA) is 78.4 Å². The molecule has 2 aromatic heterocycles. The summed E-state index contributed by atoms with van der Waals surface area (Å²) >= 11 is 3.03. The van der Waals surface area contributed by atoms with Crippen LogP contribution >= 0.6 is 22.7 Å². The van der Waals surface area contributed by atoms with E-state index < -0.39 is 5.41 Å². The zero-order chi connectivity index (χ0) is 18.9. The number of hydrogen-bond donors (Lipinski definition) is 0. The molecule has 140 valence electrons. The highest BCUT2D eigenvalue weighted by Gasteiger charge is 2.53. The Bertz CT molecular complexity index is 747. The van der Waals surface area contributed by atoms with Gasteiger partial charge in [0.1, 0.15) is 12.2 Å². The van der Waals surface area contributed by atoms with Gasteiger partial charge >= 0.3 is 11.9 Å². The Morgan fingerprint density at radius 3 is 1.73 bits per heavy atom. The predicted molar refractivity (Wildman–Crippen MR) is 99.3 cm³/mol. The van der Waals surface area contributed by atoms with Crippen molar-refractivity contribution in [3.8, 4) is 0 Å². The fraction of sp³-hybridized carbons (Fsp3) is 0.556. The summed E-state index contributed by atoms with van der Waals surface area (Å²) in [5.41, 5.74) is 1.06. The maximum atomic E-state index is 12.1. The number of thiazole rings is 2. The van der Waals surface area contributed by atoms with Gasteiger partial charge in [-0.2, -0.15) is 0 Å². The summed E-state index contributed by atoms with van der Waals surface area (Å²) in [7, 11) is 0. The number of hydrogen-bond acceptors (Lipinski definition) is 8. The number of aryl methyl sites for hydroxylation is 2. The number of rotatable bonds is 6. The van der Waals surface area contributed by atoms with Crippen LogP contribution in [-0.2, 0) is 31.9 Å². The third kappa shape index (κ3) is 4.29.